The van der Waals surface area contributed by atoms with E-state index >= 15 is 0 Å². The summed E-state index contributed by atoms with van der Waals surface area (Å²) in [5.41, 5.74) is 1.44. The maximum Gasteiger partial charge on any atom is 0.357 e. The van der Waals surface area contributed by atoms with Crippen molar-refractivity contribution in [2.45, 2.75) is 19.1 Å². The van der Waals surface area contributed by atoms with Crippen LogP contribution in [0.4, 0.5) is 0 Å². The molecular weight excluding hydrogens is 206 g/mol. The summed E-state index contributed by atoms with van der Waals surface area (Å²) in [5.74, 6) is -0.425. The summed E-state index contributed by atoms with van der Waals surface area (Å²) >= 11 is 0. The van der Waals surface area contributed by atoms with E-state index in [2.05, 4.69) is 5.16 Å². The Morgan fingerprint density at radius 3 is 2.75 bits per heavy atom. The van der Waals surface area contributed by atoms with Crippen LogP contribution in [0.5, 0.6) is 0 Å². The van der Waals surface area contributed by atoms with Crippen molar-refractivity contribution in [3.8, 4) is 0 Å². The first-order chi connectivity index (χ1) is 7.77. The molecule has 4 heteroatoms. The van der Waals surface area contributed by atoms with E-state index in [0.29, 0.717) is 5.71 Å². The van der Waals surface area contributed by atoms with Crippen molar-refractivity contribution < 1.29 is 14.4 Å². The smallest absolute Gasteiger partial charge is 0.357 e. The summed E-state index contributed by atoms with van der Waals surface area (Å²) in [7, 11) is 0. The summed E-state index contributed by atoms with van der Waals surface area (Å²) < 4.78 is 5.13. The first-order valence-corrected chi connectivity index (χ1v) is 5.27. The number of benzene rings is 1. The molecule has 0 aromatic heterocycles. The molecule has 1 aromatic carbocycles. The lowest BCUT2D eigenvalue weighted by Crippen LogP contribution is -2.21. The van der Waals surface area contributed by atoms with Crippen LogP contribution < -0.4 is 0 Å². The van der Waals surface area contributed by atoms with Gasteiger partial charge in [-0.1, -0.05) is 35.5 Å². The van der Waals surface area contributed by atoms with E-state index < -0.39 is 0 Å². The average Bonchev–Trinajstić information content (AvgIpc) is 2.84. The molecule has 0 spiro atoms. The fraction of sp³-hybridized carbons (Fsp3) is 0.333. The van der Waals surface area contributed by atoms with Gasteiger partial charge in [-0.25, -0.2) is 4.79 Å². The second-order valence-corrected chi connectivity index (χ2v) is 4.05. The van der Waals surface area contributed by atoms with Crippen LogP contribution >= 0.6 is 0 Å². The molecule has 0 amide bonds. The molecule has 82 valence electrons. The third-order valence-corrected chi connectivity index (χ3v) is 3.04. The van der Waals surface area contributed by atoms with Crippen LogP contribution in [0, 0.1) is 5.92 Å². The molecular formula is C12H11NO3. The number of hydrogen-bond donors (Lipinski definition) is 0. The lowest BCUT2D eigenvalue weighted by Gasteiger charge is -2.17. The van der Waals surface area contributed by atoms with Gasteiger partial charge in [-0.3, -0.25) is 0 Å². The van der Waals surface area contributed by atoms with E-state index in [-0.39, 0.29) is 24.1 Å². The predicted molar refractivity (Wildman–Crippen MR) is 56.7 cm³/mol. The quantitative estimate of drug-likeness (QED) is 0.672. The third-order valence-electron chi connectivity index (χ3n) is 3.04. The molecule has 2 aliphatic heterocycles. The second-order valence-electron chi connectivity index (χ2n) is 4.05. The largest absolute Gasteiger partial charge is 0.457 e. The van der Waals surface area contributed by atoms with Crippen LogP contribution in [0.3, 0.4) is 0 Å². The van der Waals surface area contributed by atoms with Crippen LogP contribution in [0.15, 0.2) is 35.5 Å². The second kappa shape index (κ2) is 3.33. The van der Waals surface area contributed by atoms with E-state index in [9.17, 15) is 4.79 Å². The minimum absolute atomic E-state index is 0.0742. The Bertz CT molecular complexity index is 455. The lowest BCUT2D eigenvalue weighted by atomic mass is 9.90. The summed E-state index contributed by atoms with van der Waals surface area (Å²) in [4.78, 5) is 16.7. The van der Waals surface area contributed by atoms with Gasteiger partial charge in [-0.15, -0.1) is 0 Å². The van der Waals surface area contributed by atoms with Gasteiger partial charge in [0.05, 0.1) is 5.92 Å². The van der Waals surface area contributed by atoms with Gasteiger partial charge in [0.25, 0.3) is 0 Å². The highest BCUT2D eigenvalue weighted by Crippen LogP contribution is 2.39. The molecule has 0 radical (unpaired) electrons. The number of esters is 1. The minimum atomic E-state index is -0.351. The van der Waals surface area contributed by atoms with Crippen LogP contribution in [-0.4, -0.2) is 17.8 Å². The minimum Gasteiger partial charge on any atom is -0.457 e. The number of ether oxygens (including phenoxy) is 1. The highest BCUT2D eigenvalue weighted by atomic mass is 16.7. The van der Waals surface area contributed by atoms with Crippen LogP contribution in [0.1, 0.15) is 18.6 Å². The molecule has 0 bridgehead atoms. The third kappa shape index (κ3) is 1.23. The van der Waals surface area contributed by atoms with Gasteiger partial charge in [0.2, 0.25) is 0 Å². The zero-order chi connectivity index (χ0) is 11.1. The molecule has 2 heterocycles. The molecule has 0 unspecified atom stereocenters. The molecule has 0 N–H and O–H groups in total. The van der Waals surface area contributed by atoms with E-state index in [0.717, 1.165) is 5.56 Å². The van der Waals surface area contributed by atoms with Crippen molar-refractivity contribution in [2.24, 2.45) is 11.1 Å². The van der Waals surface area contributed by atoms with Gasteiger partial charge >= 0.3 is 5.97 Å². The number of nitrogens with zero attached hydrogens (tertiary/aromatic N) is 1. The highest BCUT2D eigenvalue weighted by molar-refractivity contribution is 6.39. The Morgan fingerprint density at radius 1 is 1.25 bits per heavy atom. The molecule has 1 fully saturated rings. The Hall–Kier alpha value is -1.84. The Kier molecular flexibility index (Phi) is 1.96. The number of cyclic esters (lactones) is 1. The fourth-order valence-corrected chi connectivity index (χ4v) is 2.24. The van der Waals surface area contributed by atoms with Crippen molar-refractivity contribution in [3.05, 3.63) is 35.9 Å². The number of carbonyl (C=O) groups is 1. The van der Waals surface area contributed by atoms with E-state index in [1.165, 1.54) is 0 Å². The molecule has 0 saturated carbocycles. The average molecular weight is 217 g/mol. The molecule has 1 aromatic rings. The molecule has 0 aliphatic carbocycles. The molecule has 2 aliphatic rings. The van der Waals surface area contributed by atoms with Crippen molar-refractivity contribution in [1.29, 1.82) is 0 Å². The van der Waals surface area contributed by atoms with Crippen molar-refractivity contribution >= 4 is 11.7 Å². The van der Waals surface area contributed by atoms with Crippen molar-refractivity contribution in [2.75, 3.05) is 0 Å². The lowest BCUT2D eigenvalue weighted by molar-refractivity contribution is -0.138. The first kappa shape index (κ1) is 9.39. The molecule has 16 heavy (non-hydrogen) atoms. The van der Waals surface area contributed by atoms with Gasteiger partial charge in [0.15, 0.2) is 11.8 Å². The summed E-state index contributed by atoms with van der Waals surface area (Å²) in [6, 6.07) is 9.77. The van der Waals surface area contributed by atoms with Crippen LogP contribution in [0.25, 0.3) is 0 Å². The maximum absolute atomic E-state index is 11.4. The number of fused-ring (bicyclic) bond motifs is 1. The fourth-order valence-electron chi connectivity index (χ4n) is 2.24. The summed E-state index contributed by atoms with van der Waals surface area (Å²) in [6.07, 6.45) is -0.364. The zero-order valence-corrected chi connectivity index (χ0v) is 8.79. The molecule has 1 saturated heterocycles. The van der Waals surface area contributed by atoms with Gasteiger partial charge in [0.1, 0.15) is 6.10 Å². The monoisotopic (exact) mass is 217 g/mol. The van der Waals surface area contributed by atoms with Crippen molar-refractivity contribution in [1.82, 2.24) is 0 Å². The van der Waals surface area contributed by atoms with Crippen LogP contribution in [0.2, 0.25) is 0 Å². The SMILES string of the molecule is C[C@@H]1OC(=O)C2=NO[C@H](c3ccccc3)[C@H]21. The highest BCUT2D eigenvalue weighted by Gasteiger charge is 2.49. The number of carbonyl (C=O) groups excluding carboxylic acids is 1. The van der Waals surface area contributed by atoms with Gasteiger partial charge in [-0.05, 0) is 12.5 Å². The summed E-state index contributed by atoms with van der Waals surface area (Å²) in [5, 5.41) is 3.83. The van der Waals surface area contributed by atoms with Crippen molar-refractivity contribution in [3.63, 3.8) is 0 Å². The maximum atomic E-state index is 11.4. The number of oxime groups is 1. The topological polar surface area (TPSA) is 47.9 Å². The predicted octanol–water partition coefficient (Wildman–Crippen LogP) is 1.68. The van der Waals surface area contributed by atoms with Gasteiger partial charge in [-0.2, -0.15) is 0 Å². The van der Waals surface area contributed by atoms with Gasteiger partial charge < -0.3 is 9.57 Å². The Labute approximate surface area is 92.8 Å². The Balaban J connectivity index is 1.94. The van der Waals surface area contributed by atoms with E-state index in [1.54, 1.807) is 0 Å². The zero-order valence-electron chi connectivity index (χ0n) is 8.79. The van der Waals surface area contributed by atoms with Crippen LogP contribution in [-0.2, 0) is 14.4 Å². The molecule has 3 atom stereocenters. The molecule has 3 rings (SSSR count). The number of hydrogen-bond acceptors (Lipinski definition) is 4. The normalized spacial score (nSPS) is 31.7. The van der Waals surface area contributed by atoms with E-state index in [1.807, 2.05) is 37.3 Å². The first-order valence-electron chi connectivity index (χ1n) is 5.27. The van der Waals surface area contributed by atoms with Gasteiger partial charge in [0, 0.05) is 0 Å². The number of rotatable bonds is 1. The van der Waals surface area contributed by atoms with E-state index in [4.69, 9.17) is 9.57 Å². The standard InChI is InChI=1S/C12H11NO3/c1-7-9-10(12(14)15-7)13-16-11(9)8-5-3-2-4-6-8/h2-7,9,11H,1H3/t7-,9-,11+/m0/s1. The Morgan fingerprint density at radius 2 is 2.00 bits per heavy atom. The molecule has 4 nitrogen and oxygen atoms in total. The summed E-state index contributed by atoms with van der Waals surface area (Å²) in [6.45, 7) is 1.87.